The summed E-state index contributed by atoms with van der Waals surface area (Å²) in [5.74, 6) is 1.12. The maximum Gasteiger partial charge on any atom is 0.177 e. The average Bonchev–Trinajstić information content (AvgIpc) is 3.12. The zero-order valence-corrected chi connectivity index (χ0v) is 12.4. The van der Waals surface area contributed by atoms with Crippen molar-refractivity contribution in [2.75, 3.05) is 19.6 Å². The van der Waals surface area contributed by atoms with Gasteiger partial charge in [0.1, 0.15) is 0 Å². The Morgan fingerprint density at radius 3 is 2.63 bits per heavy atom. The summed E-state index contributed by atoms with van der Waals surface area (Å²) in [5.41, 5.74) is 3.22. The quantitative estimate of drug-likeness (QED) is 0.697. The normalized spacial score (nSPS) is 14.9. The number of ketones is 1. The van der Waals surface area contributed by atoms with Crippen LogP contribution in [0.1, 0.15) is 47.7 Å². The molecule has 0 radical (unpaired) electrons. The fourth-order valence-electron chi connectivity index (χ4n) is 2.63. The van der Waals surface area contributed by atoms with Crippen molar-refractivity contribution in [3.8, 4) is 0 Å². The minimum atomic E-state index is 0.270. The molecule has 0 spiro atoms. The second kappa shape index (κ2) is 6.33. The highest BCUT2D eigenvalue weighted by Gasteiger charge is 2.25. The number of hydrogen-bond acceptors (Lipinski definition) is 2. The van der Waals surface area contributed by atoms with Gasteiger partial charge in [-0.3, -0.25) is 9.69 Å². The number of benzene rings is 1. The molecule has 1 aromatic rings. The first-order valence-corrected chi connectivity index (χ1v) is 7.43. The molecule has 0 N–H and O–H groups in total. The largest absolute Gasteiger partial charge is 0.296 e. The van der Waals surface area contributed by atoms with Crippen molar-refractivity contribution in [2.24, 2.45) is 5.92 Å². The van der Waals surface area contributed by atoms with Gasteiger partial charge in [0.05, 0.1) is 6.54 Å². The molecule has 1 fully saturated rings. The van der Waals surface area contributed by atoms with Crippen LogP contribution in [-0.4, -0.2) is 30.3 Å². The van der Waals surface area contributed by atoms with Crippen LogP contribution in [-0.2, 0) is 0 Å². The Balaban J connectivity index is 2.00. The molecule has 0 bridgehead atoms. The molecule has 1 saturated carbocycles. The molecular weight excluding hydrogens is 234 g/mol. The van der Waals surface area contributed by atoms with E-state index in [4.69, 9.17) is 0 Å². The summed E-state index contributed by atoms with van der Waals surface area (Å²) in [6.07, 6.45) is 3.81. The van der Waals surface area contributed by atoms with E-state index in [0.29, 0.717) is 6.54 Å². The van der Waals surface area contributed by atoms with Crippen LogP contribution >= 0.6 is 0 Å². The first kappa shape index (κ1) is 14.3. The smallest absolute Gasteiger partial charge is 0.177 e. The predicted octanol–water partition coefficient (Wildman–Crippen LogP) is 3.61. The van der Waals surface area contributed by atoms with Crippen LogP contribution < -0.4 is 0 Å². The summed E-state index contributed by atoms with van der Waals surface area (Å²) in [6, 6.07) is 6.11. The summed E-state index contributed by atoms with van der Waals surface area (Å²) in [5, 5.41) is 0. The maximum absolute atomic E-state index is 12.4. The molecule has 0 amide bonds. The van der Waals surface area contributed by atoms with Gasteiger partial charge >= 0.3 is 0 Å². The minimum Gasteiger partial charge on any atom is -0.296 e. The molecule has 1 aromatic carbocycles. The zero-order chi connectivity index (χ0) is 13.8. The average molecular weight is 259 g/mol. The summed E-state index contributed by atoms with van der Waals surface area (Å²) < 4.78 is 0. The number of rotatable bonds is 7. The zero-order valence-electron chi connectivity index (χ0n) is 12.4. The van der Waals surface area contributed by atoms with Gasteiger partial charge in [-0.15, -0.1) is 0 Å². The summed E-state index contributed by atoms with van der Waals surface area (Å²) in [7, 11) is 0. The third-order valence-corrected chi connectivity index (χ3v) is 3.80. The highest BCUT2D eigenvalue weighted by molar-refractivity contribution is 5.98. The fourth-order valence-corrected chi connectivity index (χ4v) is 2.63. The second-order valence-corrected chi connectivity index (χ2v) is 5.92. The molecule has 0 aromatic heterocycles. The van der Waals surface area contributed by atoms with E-state index >= 15 is 0 Å². The van der Waals surface area contributed by atoms with E-state index in [9.17, 15) is 4.79 Å². The van der Waals surface area contributed by atoms with Crippen molar-refractivity contribution in [3.63, 3.8) is 0 Å². The van der Waals surface area contributed by atoms with Crippen LogP contribution in [0, 0.1) is 19.8 Å². The topological polar surface area (TPSA) is 20.3 Å². The Kier molecular flexibility index (Phi) is 4.76. The third kappa shape index (κ3) is 4.17. The van der Waals surface area contributed by atoms with E-state index in [1.165, 1.54) is 18.4 Å². The van der Waals surface area contributed by atoms with Crippen molar-refractivity contribution in [2.45, 2.75) is 40.0 Å². The molecule has 0 saturated heterocycles. The highest BCUT2D eigenvalue weighted by Crippen LogP contribution is 2.29. The minimum absolute atomic E-state index is 0.270. The van der Waals surface area contributed by atoms with Crippen molar-refractivity contribution < 1.29 is 4.79 Å². The van der Waals surface area contributed by atoms with Gasteiger partial charge in [-0.2, -0.15) is 0 Å². The lowest BCUT2D eigenvalue weighted by Crippen LogP contribution is -2.32. The number of carbonyl (C=O) groups excluding carboxylic acids is 1. The van der Waals surface area contributed by atoms with Crippen molar-refractivity contribution in [3.05, 3.63) is 34.9 Å². The second-order valence-electron chi connectivity index (χ2n) is 5.92. The van der Waals surface area contributed by atoms with E-state index in [-0.39, 0.29) is 5.78 Å². The highest BCUT2D eigenvalue weighted by atomic mass is 16.1. The molecule has 0 heterocycles. The van der Waals surface area contributed by atoms with E-state index in [1.54, 1.807) is 0 Å². The third-order valence-electron chi connectivity index (χ3n) is 3.80. The van der Waals surface area contributed by atoms with Gasteiger partial charge in [0.15, 0.2) is 5.78 Å². The van der Waals surface area contributed by atoms with Crippen LogP contribution in [0.4, 0.5) is 0 Å². The summed E-state index contributed by atoms with van der Waals surface area (Å²) >= 11 is 0. The molecule has 0 aliphatic heterocycles. The van der Waals surface area contributed by atoms with Crippen LogP contribution in [0.5, 0.6) is 0 Å². The van der Waals surface area contributed by atoms with Crippen molar-refractivity contribution >= 4 is 5.78 Å². The Morgan fingerprint density at radius 1 is 1.32 bits per heavy atom. The molecule has 19 heavy (non-hydrogen) atoms. The molecule has 104 valence electrons. The molecule has 0 atom stereocenters. The molecule has 1 aliphatic carbocycles. The number of nitrogens with zero attached hydrogens (tertiary/aromatic N) is 1. The standard InChI is InChI=1S/C17H25NO/c1-4-9-18(11-15-6-7-15)12-17(19)16-8-5-13(2)10-14(16)3/h5,8,10,15H,4,6-7,9,11-12H2,1-3H3. The van der Waals surface area contributed by atoms with Crippen molar-refractivity contribution in [1.82, 2.24) is 4.90 Å². The number of hydrogen-bond donors (Lipinski definition) is 0. The van der Waals surface area contributed by atoms with Crippen LogP contribution in [0.3, 0.4) is 0 Å². The van der Waals surface area contributed by atoms with E-state index in [2.05, 4.69) is 24.8 Å². The van der Waals surface area contributed by atoms with Gasteiger partial charge in [-0.1, -0.05) is 30.7 Å². The molecular formula is C17H25NO. The van der Waals surface area contributed by atoms with Gasteiger partial charge in [0, 0.05) is 12.1 Å². The monoisotopic (exact) mass is 259 g/mol. The van der Waals surface area contributed by atoms with E-state index in [1.807, 2.05) is 19.1 Å². The lowest BCUT2D eigenvalue weighted by atomic mass is 10.0. The van der Waals surface area contributed by atoms with Crippen LogP contribution in [0.25, 0.3) is 0 Å². The number of aryl methyl sites for hydroxylation is 2. The molecule has 2 rings (SSSR count). The van der Waals surface area contributed by atoms with E-state index < -0.39 is 0 Å². The van der Waals surface area contributed by atoms with Gasteiger partial charge in [-0.25, -0.2) is 0 Å². The lowest BCUT2D eigenvalue weighted by molar-refractivity contribution is 0.0926. The maximum atomic E-state index is 12.4. The Hall–Kier alpha value is -1.15. The first-order valence-electron chi connectivity index (χ1n) is 7.43. The Labute approximate surface area is 116 Å². The van der Waals surface area contributed by atoms with Gasteiger partial charge in [-0.05, 0) is 51.1 Å². The Bertz CT molecular complexity index is 449. The summed E-state index contributed by atoms with van der Waals surface area (Å²) in [4.78, 5) is 14.8. The molecule has 1 aliphatic rings. The number of carbonyl (C=O) groups is 1. The van der Waals surface area contributed by atoms with E-state index in [0.717, 1.165) is 36.6 Å². The van der Waals surface area contributed by atoms with Gasteiger partial charge in [0.2, 0.25) is 0 Å². The fraction of sp³-hybridized carbons (Fsp3) is 0.588. The van der Waals surface area contributed by atoms with Gasteiger partial charge in [0.25, 0.3) is 0 Å². The molecule has 2 nitrogen and oxygen atoms in total. The Morgan fingerprint density at radius 2 is 2.05 bits per heavy atom. The lowest BCUT2D eigenvalue weighted by Gasteiger charge is -2.21. The SMILES string of the molecule is CCCN(CC(=O)c1ccc(C)cc1C)CC1CC1. The number of Topliss-reactive ketones (excluding diaryl/α,β-unsaturated/α-hetero) is 1. The first-order chi connectivity index (χ1) is 9.10. The van der Waals surface area contributed by atoms with Crippen LogP contribution in [0.15, 0.2) is 18.2 Å². The van der Waals surface area contributed by atoms with Crippen LogP contribution in [0.2, 0.25) is 0 Å². The summed E-state index contributed by atoms with van der Waals surface area (Å²) in [6.45, 7) is 9.00. The van der Waals surface area contributed by atoms with Gasteiger partial charge < -0.3 is 0 Å². The predicted molar refractivity (Wildman–Crippen MR) is 79.7 cm³/mol. The van der Waals surface area contributed by atoms with Crippen molar-refractivity contribution in [1.29, 1.82) is 0 Å². The molecule has 2 heteroatoms. The molecule has 0 unspecified atom stereocenters.